The molecule has 5 heteroatoms. The highest BCUT2D eigenvalue weighted by Gasteiger charge is 2.47. The molecule has 0 bridgehead atoms. The highest BCUT2D eigenvalue weighted by atomic mass is 35.5. The molecule has 1 spiro atoms. The van der Waals surface area contributed by atoms with Crippen LogP contribution >= 0.6 is 11.6 Å². The minimum Gasteiger partial charge on any atom is -0.341 e. The van der Waals surface area contributed by atoms with Crippen molar-refractivity contribution in [2.24, 2.45) is 5.41 Å². The van der Waals surface area contributed by atoms with Gasteiger partial charge in [-0.1, -0.05) is 30.3 Å². The third-order valence-corrected chi connectivity index (χ3v) is 5.97. The molecule has 25 heavy (non-hydrogen) atoms. The second-order valence-electron chi connectivity index (χ2n) is 7.83. The standard InChI is InChI=1S/C20H25ClN2O2/c1-4-17(24)22-10-8-20(13-22)9-11-23(14-20)18(25)19(2,3)15-6-5-7-16(21)12-15/h4-7,12H,1,8-11,13-14H2,2-3H3. The van der Waals surface area contributed by atoms with Crippen molar-refractivity contribution < 1.29 is 9.59 Å². The number of halogens is 1. The zero-order valence-electron chi connectivity index (χ0n) is 14.9. The first-order chi connectivity index (χ1) is 11.8. The van der Waals surface area contributed by atoms with Crippen LogP contribution in [0, 0.1) is 5.41 Å². The zero-order chi connectivity index (χ0) is 18.2. The van der Waals surface area contributed by atoms with Crippen molar-refractivity contribution >= 4 is 23.4 Å². The lowest BCUT2D eigenvalue weighted by Gasteiger charge is -2.31. The second kappa shape index (κ2) is 6.49. The van der Waals surface area contributed by atoms with Crippen molar-refractivity contribution in [3.05, 3.63) is 47.5 Å². The van der Waals surface area contributed by atoms with Gasteiger partial charge in [-0.05, 0) is 50.5 Å². The summed E-state index contributed by atoms with van der Waals surface area (Å²) in [5.74, 6) is 0.112. The maximum absolute atomic E-state index is 13.2. The highest BCUT2D eigenvalue weighted by molar-refractivity contribution is 6.30. The van der Waals surface area contributed by atoms with Crippen molar-refractivity contribution in [2.75, 3.05) is 26.2 Å². The van der Waals surface area contributed by atoms with E-state index < -0.39 is 5.41 Å². The lowest BCUT2D eigenvalue weighted by molar-refractivity contribution is -0.135. The van der Waals surface area contributed by atoms with Gasteiger partial charge in [0.25, 0.3) is 0 Å². The summed E-state index contributed by atoms with van der Waals surface area (Å²) in [4.78, 5) is 28.8. The van der Waals surface area contributed by atoms with Gasteiger partial charge in [-0.3, -0.25) is 9.59 Å². The van der Waals surface area contributed by atoms with E-state index in [-0.39, 0.29) is 17.2 Å². The van der Waals surface area contributed by atoms with Gasteiger partial charge in [0.15, 0.2) is 0 Å². The summed E-state index contributed by atoms with van der Waals surface area (Å²) in [6.45, 7) is 10.4. The molecule has 1 aromatic carbocycles. The number of nitrogens with zero attached hydrogens (tertiary/aromatic N) is 2. The number of carbonyl (C=O) groups is 2. The summed E-state index contributed by atoms with van der Waals surface area (Å²) in [7, 11) is 0. The van der Waals surface area contributed by atoms with Gasteiger partial charge in [-0.25, -0.2) is 0 Å². The fourth-order valence-corrected chi connectivity index (χ4v) is 4.28. The number of amides is 2. The van der Waals surface area contributed by atoms with Crippen molar-refractivity contribution in [3.63, 3.8) is 0 Å². The van der Waals surface area contributed by atoms with Crippen LogP contribution in [-0.2, 0) is 15.0 Å². The molecule has 0 aromatic heterocycles. The minimum atomic E-state index is -0.619. The molecule has 0 saturated carbocycles. The molecule has 2 amide bonds. The number of hydrogen-bond donors (Lipinski definition) is 0. The molecule has 1 unspecified atom stereocenters. The van der Waals surface area contributed by atoms with Crippen LogP contribution in [0.5, 0.6) is 0 Å². The van der Waals surface area contributed by atoms with E-state index in [2.05, 4.69) is 6.58 Å². The molecule has 2 fully saturated rings. The third-order valence-electron chi connectivity index (χ3n) is 5.73. The van der Waals surface area contributed by atoms with Crippen LogP contribution in [0.3, 0.4) is 0 Å². The lowest BCUT2D eigenvalue weighted by atomic mass is 9.83. The fraction of sp³-hybridized carbons (Fsp3) is 0.500. The number of hydrogen-bond acceptors (Lipinski definition) is 2. The Balaban J connectivity index is 1.72. The van der Waals surface area contributed by atoms with Crippen LogP contribution in [0.1, 0.15) is 32.3 Å². The number of likely N-dealkylation sites (tertiary alicyclic amines) is 2. The largest absolute Gasteiger partial charge is 0.341 e. The van der Waals surface area contributed by atoms with E-state index in [1.54, 1.807) is 0 Å². The van der Waals surface area contributed by atoms with Crippen LogP contribution in [-0.4, -0.2) is 47.8 Å². The fourth-order valence-electron chi connectivity index (χ4n) is 4.09. The molecule has 2 aliphatic rings. The Morgan fingerprint density at radius 2 is 1.84 bits per heavy atom. The van der Waals surface area contributed by atoms with Crippen LogP contribution in [0.4, 0.5) is 0 Å². The van der Waals surface area contributed by atoms with Gasteiger partial charge >= 0.3 is 0 Å². The van der Waals surface area contributed by atoms with Gasteiger partial charge in [-0.2, -0.15) is 0 Å². The first kappa shape index (κ1) is 18.0. The average Bonchev–Trinajstić information content (AvgIpc) is 3.21. The SMILES string of the molecule is C=CC(=O)N1CCC2(CCN(C(=O)C(C)(C)c3cccc(Cl)c3)C2)C1. The molecule has 0 aliphatic carbocycles. The second-order valence-corrected chi connectivity index (χ2v) is 8.26. The van der Waals surface area contributed by atoms with Crippen molar-refractivity contribution in [1.29, 1.82) is 0 Å². The van der Waals surface area contributed by atoms with Gasteiger partial charge in [-0.15, -0.1) is 0 Å². The first-order valence-corrected chi connectivity index (χ1v) is 9.12. The third kappa shape index (κ3) is 3.32. The van der Waals surface area contributed by atoms with E-state index in [1.807, 2.05) is 47.9 Å². The summed E-state index contributed by atoms with van der Waals surface area (Å²) >= 11 is 6.10. The van der Waals surface area contributed by atoms with E-state index in [0.717, 1.165) is 44.6 Å². The molecular weight excluding hydrogens is 336 g/mol. The smallest absolute Gasteiger partial charge is 0.245 e. The summed E-state index contributed by atoms with van der Waals surface area (Å²) < 4.78 is 0. The van der Waals surface area contributed by atoms with Crippen LogP contribution in [0.25, 0.3) is 0 Å². The summed E-state index contributed by atoms with van der Waals surface area (Å²) in [6, 6.07) is 7.52. The quantitative estimate of drug-likeness (QED) is 0.776. The minimum absolute atomic E-state index is 0.0130. The zero-order valence-corrected chi connectivity index (χ0v) is 15.7. The maximum Gasteiger partial charge on any atom is 0.245 e. The number of benzene rings is 1. The van der Waals surface area contributed by atoms with Gasteiger partial charge in [0.2, 0.25) is 11.8 Å². The highest BCUT2D eigenvalue weighted by Crippen LogP contribution is 2.41. The summed E-state index contributed by atoms with van der Waals surface area (Å²) in [6.07, 6.45) is 3.28. The molecular formula is C20H25ClN2O2. The predicted molar refractivity (Wildman–Crippen MR) is 99.5 cm³/mol. The molecule has 3 rings (SSSR count). The Morgan fingerprint density at radius 3 is 2.48 bits per heavy atom. The summed E-state index contributed by atoms with van der Waals surface area (Å²) in [5, 5.41) is 0.644. The van der Waals surface area contributed by atoms with Crippen molar-refractivity contribution in [2.45, 2.75) is 32.1 Å². The normalized spacial score (nSPS) is 23.3. The van der Waals surface area contributed by atoms with E-state index in [0.29, 0.717) is 5.02 Å². The Bertz CT molecular complexity index is 715. The molecule has 2 saturated heterocycles. The first-order valence-electron chi connectivity index (χ1n) is 8.74. The van der Waals surface area contributed by atoms with Crippen LogP contribution < -0.4 is 0 Å². The van der Waals surface area contributed by atoms with E-state index in [1.165, 1.54) is 6.08 Å². The van der Waals surface area contributed by atoms with Gasteiger partial charge in [0.1, 0.15) is 0 Å². The van der Waals surface area contributed by atoms with E-state index in [9.17, 15) is 9.59 Å². The Labute approximate surface area is 154 Å². The average molecular weight is 361 g/mol. The molecule has 2 aliphatic heterocycles. The Kier molecular flexibility index (Phi) is 4.67. The lowest BCUT2D eigenvalue weighted by Crippen LogP contribution is -2.43. The van der Waals surface area contributed by atoms with Gasteiger partial charge < -0.3 is 9.80 Å². The Morgan fingerprint density at radius 1 is 1.20 bits per heavy atom. The molecule has 0 N–H and O–H groups in total. The molecule has 0 radical (unpaired) electrons. The van der Waals surface area contributed by atoms with Gasteiger partial charge in [0.05, 0.1) is 5.41 Å². The number of rotatable bonds is 3. The predicted octanol–water partition coefficient (Wildman–Crippen LogP) is 3.25. The Hall–Kier alpha value is -1.81. The molecule has 2 heterocycles. The molecule has 4 nitrogen and oxygen atoms in total. The van der Waals surface area contributed by atoms with E-state index in [4.69, 9.17) is 11.6 Å². The van der Waals surface area contributed by atoms with Crippen LogP contribution in [0.2, 0.25) is 5.02 Å². The van der Waals surface area contributed by atoms with Gasteiger partial charge in [0, 0.05) is 36.6 Å². The topological polar surface area (TPSA) is 40.6 Å². The van der Waals surface area contributed by atoms with E-state index >= 15 is 0 Å². The van der Waals surface area contributed by atoms with Crippen molar-refractivity contribution in [3.8, 4) is 0 Å². The molecule has 1 aromatic rings. The monoisotopic (exact) mass is 360 g/mol. The maximum atomic E-state index is 13.2. The summed E-state index contributed by atoms with van der Waals surface area (Å²) in [5.41, 5.74) is 0.352. The van der Waals surface area contributed by atoms with Crippen LogP contribution in [0.15, 0.2) is 36.9 Å². The molecule has 134 valence electrons. The molecule has 1 atom stereocenters. The van der Waals surface area contributed by atoms with Crippen molar-refractivity contribution in [1.82, 2.24) is 9.80 Å². The number of carbonyl (C=O) groups excluding carboxylic acids is 2.